The fraction of sp³-hybridized carbons (Fsp3) is 0.857. The summed E-state index contributed by atoms with van der Waals surface area (Å²) in [5.41, 5.74) is 1.49. The highest BCUT2D eigenvalue weighted by Gasteiger charge is 2.21. The number of ether oxygens (including phenoxy) is 1. The van der Waals surface area contributed by atoms with Gasteiger partial charge in [-0.15, -0.1) is 0 Å². The predicted octanol–water partition coefficient (Wildman–Crippen LogP) is 0.719. The van der Waals surface area contributed by atoms with Crippen molar-refractivity contribution >= 4 is 10.2 Å². The summed E-state index contributed by atoms with van der Waals surface area (Å²) in [6, 6.07) is 0. The van der Waals surface area contributed by atoms with E-state index in [0.717, 1.165) is 16.8 Å². The highest BCUT2D eigenvalue weighted by Crippen LogP contribution is 2.18. The lowest BCUT2D eigenvalue weighted by Crippen LogP contribution is -2.31. The average molecular weight is 145 g/mol. The van der Waals surface area contributed by atoms with Crippen LogP contribution in [-0.2, 0) is 4.74 Å². The second-order valence-corrected chi connectivity index (χ2v) is 4.44. The minimum absolute atomic E-state index is 0.0287. The zero-order valence-corrected chi connectivity index (χ0v) is 9.12. The lowest BCUT2D eigenvalue weighted by Gasteiger charge is -2.28. The molecule has 0 aromatic rings. The minimum atomic E-state index is 0.0287. The van der Waals surface area contributed by atoms with Gasteiger partial charge in [0.1, 0.15) is 0 Å². The van der Waals surface area contributed by atoms with Crippen LogP contribution < -0.4 is 0 Å². The van der Waals surface area contributed by atoms with Gasteiger partial charge in [-0.3, -0.25) is 0 Å². The van der Waals surface area contributed by atoms with Crippen LogP contribution in [0.3, 0.4) is 0 Å². The quantitative estimate of drug-likeness (QED) is 0.532. The summed E-state index contributed by atoms with van der Waals surface area (Å²) >= 11 is 0. The first-order valence-corrected chi connectivity index (χ1v) is 4.45. The molecule has 0 bridgehead atoms. The van der Waals surface area contributed by atoms with Crippen LogP contribution in [0.1, 0.15) is 27.7 Å². The van der Waals surface area contributed by atoms with Gasteiger partial charge in [-0.2, -0.15) is 0 Å². The molecule has 0 aliphatic rings. The predicted molar refractivity (Wildman–Crippen MR) is 44.6 cm³/mol. The van der Waals surface area contributed by atoms with E-state index in [1.807, 2.05) is 6.92 Å². The molecule has 9 heavy (non-hydrogen) atoms. The van der Waals surface area contributed by atoms with Crippen LogP contribution in [0, 0.1) is 5.54 Å². The van der Waals surface area contributed by atoms with Crippen LogP contribution in [0.5, 0.6) is 0 Å². The third-order valence-corrected chi connectivity index (χ3v) is 2.91. The lowest BCUT2D eigenvalue weighted by molar-refractivity contribution is 0.0109. The van der Waals surface area contributed by atoms with Gasteiger partial charge in [0.15, 0.2) is 0 Å². The van der Waals surface area contributed by atoms with Crippen molar-refractivity contribution in [1.29, 1.82) is 0 Å². The molecule has 0 unspecified atom stereocenters. The van der Waals surface area contributed by atoms with Gasteiger partial charge < -0.3 is 4.74 Å². The molecule has 0 heterocycles. The summed E-state index contributed by atoms with van der Waals surface area (Å²) in [5.74, 6) is 0. The summed E-state index contributed by atoms with van der Waals surface area (Å²) in [7, 11) is 1.13. The first-order valence-electron chi connectivity index (χ1n) is 3.45. The third kappa shape index (κ3) is 3.01. The van der Waals surface area contributed by atoms with Gasteiger partial charge in [0, 0.05) is 16.8 Å². The summed E-state index contributed by atoms with van der Waals surface area (Å²) in [6.45, 7) is 9.25. The van der Waals surface area contributed by atoms with Crippen LogP contribution in [0.2, 0.25) is 0 Å². The topological polar surface area (TPSA) is 9.23 Å². The van der Waals surface area contributed by atoms with Gasteiger partial charge in [0.25, 0.3) is 0 Å². The lowest BCUT2D eigenvalue weighted by atomic mass is 10.1. The van der Waals surface area contributed by atoms with Gasteiger partial charge >= 0.3 is 0 Å². The Bertz CT molecular complexity index is 79.0. The van der Waals surface area contributed by atoms with Gasteiger partial charge in [0.2, 0.25) is 0 Å². The smallest absolute Gasteiger partial charge is 0.0650 e. The second kappa shape index (κ2) is 3.37. The van der Waals surface area contributed by atoms with Gasteiger partial charge in [0.05, 0.1) is 5.60 Å². The molecule has 0 rings (SSSR count). The number of hydrogen-bond acceptors (Lipinski definition) is 1. The molecule has 0 saturated carbocycles. The van der Waals surface area contributed by atoms with Crippen molar-refractivity contribution in [2.24, 2.45) is 0 Å². The van der Waals surface area contributed by atoms with Crippen molar-refractivity contribution in [3.05, 3.63) is 5.54 Å². The zero-order valence-electron chi connectivity index (χ0n) is 7.12. The molecule has 0 aliphatic heterocycles. The summed E-state index contributed by atoms with van der Waals surface area (Å²) in [4.78, 5) is 0. The van der Waals surface area contributed by atoms with Crippen LogP contribution in [0.15, 0.2) is 0 Å². The molecule has 0 N–H and O–H groups in total. The Kier molecular flexibility index (Phi) is 3.44. The Hall–Kier alpha value is 0.177. The molecular weight excluding hydrogens is 128 g/mol. The van der Waals surface area contributed by atoms with E-state index >= 15 is 0 Å². The van der Waals surface area contributed by atoms with E-state index in [1.165, 1.54) is 5.54 Å². The van der Waals surface area contributed by atoms with Crippen molar-refractivity contribution < 1.29 is 4.74 Å². The van der Waals surface area contributed by atoms with Gasteiger partial charge in [-0.1, -0.05) is 6.92 Å². The molecule has 0 aromatic carbocycles. The fourth-order valence-electron chi connectivity index (χ4n) is 0.505. The van der Waals surface area contributed by atoms with E-state index in [4.69, 9.17) is 4.74 Å². The highest BCUT2D eigenvalue weighted by atomic mass is 28.1. The Labute approximate surface area is 61.2 Å². The summed E-state index contributed by atoms with van der Waals surface area (Å²) in [6.07, 6.45) is 0. The first-order chi connectivity index (χ1) is 4.00. The molecular formula is C7H17OSi. The van der Waals surface area contributed by atoms with Gasteiger partial charge in [-0.25, -0.2) is 0 Å². The van der Waals surface area contributed by atoms with Crippen molar-refractivity contribution in [3.63, 3.8) is 0 Å². The molecule has 0 aromatic heterocycles. The Morgan fingerprint density at radius 1 is 1.56 bits per heavy atom. The van der Waals surface area contributed by atoms with Crippen molar-refractivity contribution in [2.75, 3.05) is 6.61 Å². The van der Waals surface area contributed by atoms with Gasteiger partial charge in [-0.05, 0) is 26.3 Å². The number of rotatable bonds is 3. The van der Waals surface area contributed by atoms with E-state index in [9.17, 15) is 0 Å². The van der Waals surface area contributed by atoms with E-state index < -0.39 is 0 Å². The van der Waals surface area contributed by atoms with E-state index in [-0.39, 0.29) is 5.60 Å². The molecule has 1 radical (unpaired) electrons. The molecule has 0 saturated heterocycles. The van der Waals surface area contributed by atoms with Crippen LogP contribution in [-0.4, -0.2) is 22.5 Å². The largest absolute Gasteiger partial charge is 0.376 e. The normalized spacial score (nSPS) is 13.0. The zero-order chi connectivity index (χ0) is 7.49. The molecule has 55 valence electrons. The third-order valence-electron chi connectivity index (χ3n) is 1.71. The maximum atomic E-state index is 5.49. The standard InChI is InChI=1S/C7H17OSi/c1-5-8-7(3,4)6(2)9/h5H2,1-4,9H3. The summed E-state index contributed by atoms with van der Waals surface area (Å²) < 4.78 is 5.49. The highest BCUT2D eigenvalue weighted by molar-refractivity contribution is 6.19. The maximum Gasteiger partial charge on any atom is 0.0650 e. The Balaban J connectivity index is 3.70. The molecule has 0 aliphatic carbocycles. The monoisotopic (exact) mass is 145 g/mol. The van der Waals surface area contributed by atoms with Crippen LogP contribution >= 0.6 is 0 Å². The fourth-order valence-corrected chi connectivity index (χ4v) is 0.650. The van der Waals surface area contributed by atoms with E-state index in [2.05, 4.69) is 20.8 Å². The van der Waals surface area contributed by atoms with E-state index in [0.29, 0.717) is 0 Å². The number of hydrogen-bond donors (Lipinski definition) is 0. The SMILES string of the molecule is CCOC(C)(C)[C](C)[SiH3]. The second-order valence-electron chi connectivity index (χ2n) is 2.94. The van der Waals surface area contributed by atoms with E-state index in [1.54, 1.807) is 0 Å². The van der Waals surface area contributed by atoms with Crippen LogP contribution in [0.4, 0.5) is 0 Å². The first kappa shape index (κ1) is 9.18. The van der Waals surface area contributed by atoms with Crippen molar-refractivity contribution in [2.45, 2.75) is 33.3 Å². The average Bonchev–Trinajstić information content (AvgIpc) is 1.65. The summed E-state index contributed by atoms with van der Waals surface area (Å²) in [5, 5.41) is 0. The molecule has 1 nitrogen and oxygen atoms in total. The molecule has 0 fully saturated rings. The minimum Gasteiger partial charge on any atom is -0.376 e. The van der Waals surface area contributed by atoms with Crippen molar-refractivity contribution in [1.82, 2.24) is 0 Å². The molecule has 0 spiro atoms. The Morgan fingerprint density at radius 3 is 2.11 bits per heavy atom. The molecule has 0 atom stereocenters. The van der Waals surface area contributed by atoms with Crippen molar-refractivity contribution in [3.8, 4) is 0 Å². The maximum absolute atomic E-state index is 5.49. The molecule has 2 heteroatoms. The molecule has 0 amide bonds. The Morgan fingerprint density at radius 2 is 2.00 bits per heavy atom. The van der Waals surface area contributed by atoms with Crippen LogP contribution in [0.25, 0.3) is 0 Å².